The lowest BCUT2D eigenvalue weighted by molar-refractivity contribution is -0.164. The van der Waals surface area contributed by atoms with Gasteiger partial charge in [-0.3, -0.25) is 14.7 Å². The van der Waals surface area contributed by atoms with Gasteiger partial charge in [0.2, 0.25) is 0 Å². The zero-order valence-electron chi connectivity index (χ0n) is 29.9. The van der Waals surface area contributed by atoms with Crippen molar-refractivity contribution in [2.24, 2.45) is 16.1 Å². The highest BCUT2D eigenvalue weighted by atomic mass is 35.5. The van der Waals surface area contributed by atoms with Crippen molar-refractivity contribution in [2.75, 3.05) is 13.7 Å². The lowest BCUT2D eigenvalue weighted by Crippen LogP contribution is -2.49. The van der Waals surface area contributed by atoms with Crippen molar-refractivity contribution in [3.8, 4) is 16.8 Å². The summed E-state index contributed by atoms with van der Waals surface area (Å²) in [5.41, 5.74) is 3.85. The van der Waals surface area contributed by atoms with Gasteiger partial charge in [0.25, 0.3) is 12.3 Å². The lowest BCUT2D eigenvalue weighted by Gasteiger charge is -2.31. The zero-order chi connectivity index (χ0) is 41.0. The number of hydrogen-bond donors (Lipinski definition) is 2. The molecule has 1 fully saturated rings. The van der Waals surface area contributed by atoms with Crippen LogP contribution in [-0.4, -0.2) is 72.8 Å². The maximum absolute atomic E-state index is 15.4. The summed E-state index contributed by atoms with van der Waals surface area (Å²) < 4.78 is 115. The molecule has 2 amide bonds. The van der Waals surface area contributed by atoms with Crippen molar-refractivity contribution in [3.05, 3.63) is 82.9 Å². The summed E-state index contributed by atoms with van der Waals surface area (Å²) in [6.07, 6.45) is -7.37. The predicted octanol–water partition coefficient (Wildman–Crippen LogP) is 8.26. The number of guanidine groups is 1. The third-order valence-electron chi connectivity index (χ3n) is 7.69. The number of nitrogens with zero attached hydrogens (tertiary/aromatic N) is 7. The summed E-state index contributed by atoms with van der Waals surface area (Å²) in [4.78, 5) is 34.7. The van der Waals surface area contributed by atoms with E-state index in [0.717, 1.165) is 29.6 Å². The van der Waals surface area contributed by atoms with Gasteiger partial charge in [0.15, 0.2) is 11.8 Å². The Bertz CT molecular complexity index is 2000. The summed E-state index contributed by atoms with van der Waals surface area (Å²) in [5, 5.41) is 8.29. The van der Waals surface area contributed by atoms with E-state index in [2.05, 4.69) is 47.9 Å². The highest BCUT2D eigenvalue weighted by Crippen LogP contribution is 2.49. The Kier molecular flexibility index (Phi) is 12.8. The molecular formula is C34H36ClF8N9O3. The van der Waals surface area contributed by atoms with Gasteiger partial charge in [0.05, 0.1) is 17.9 Å². The van der Waals surface area contributed by atoms with E-state index in [1.165, 1.54) is 37.5 Å². The average molecular weight is 806 g/mol. The van der Waals surface area contributed by atoms with Gasteiger partial charge in [-0.1, -0.05) is 51.4 Å². The van der Waals surface area contributed by atoms with Gasteiger partial charge in [0.1, 0.15) is 29.3 Å². The van der Waals surface area contributed by atoms with Gasteiger partial charge in [-0.05, 0) is 53.6 Å². The van der Waals surface area contributed by atoms with E-state index in [0.29, 0.717) is 20.3 Å². The van der Waals surface area contributed by atoms with E-state index in [-0.39, 0.29) is 16.7 Å². The van der Waals surface area contributed by atoms with Gasteiger partial charge >= 0.3 is 18.8 Å². The predicted molar refractivity (Wildman–Crippen MR) is 184 cm³/mol. The van der Waals surface area contributed by atoms with Crippen molar-refractivity contribution in [1.82, 2.24) is 34.8 Å². The van der Waals surface area contributed by atoms with Gasteiger partial charge in [-0.15, -0.1) is 0 Å². The second-order valence-electron chi connectivity index (χ2n) is 13.8. The molecule has 1 aliphatic rings. The Balaban J connectivity index is 0.00000126. The first-order valence-corrected chi connectivity index (χ1v) is 16.6. The second kappa shape index (κ2) is 16.6. The number of ether oxygens (including phenoxy) is 1. The van der Waals surface area contributed by atoms with Crippen LogP contribution >= 0.6 is 11.6 Å². The molecule has 0 saturated heterocycles. The summed E-state index contributed by atoms with van der Waals surface area (Å²) >= 11 is 6.11. The van der Waals surface area contributed by atoms with Crippen LogP contribution in [0, 0.1) is 11.2 Å². The minimum Gasteiger partial charge on any atom is -0.447 e. The number of amides is 2. The van der Waals surface area contributed by atoms with Crippen LogP contribution in [0.3, 0.4) is 0 Å². The molecule has 2 heterocycles. The number of alkyl halides is 7. The SMILES string of the molecule is CC(C)(C)C.CN=C(N)N(C(=O)c1ccc(-c2cnn(C(F)F)c2)cc1)C(COC(=O)NC1(C(F)(F)F)CC1)c1cc(F)c(Cl)c(-n2ncnc2C(F)F)c1. The molecule has 2 aromatic carbocycles. The third kappa shape index (κ3) is 10.3. The highest BCUT2D eigenvalue weighted by Gasteiger charge is 2.64. The third-order valence-corrected chi connectivity index (χ3v) is 8.07. The number of carbonyl (C=O) groups is 2. The fourth-order valence-corrected chi connectivity index (χ4v) is 5.08. The Labute approximate surface area is 314 Å². The van der Waals surface area contributed by atoms with Gasteiger partial charge in [-0.25, -0.2) is 32.3 Å². The first-order valence-electron chi connectivity index (χ1n) is 16.2. The normalized spacial score (nSPS) is 14.7. The van der Waals surface area contributed by atoms with Crippen LogP contribution in [0.4, 0.5) is 39.9 Å². The number of alkyl carbamates (subject to hydrolysis) is 1. The van der Waals surface area contributed by atoms with Crippen LogP contribution in [-0.2, 0) is 4.74 Å². The molecule has 5 rings (SSSR count). The number of aromatic nitrogens is 5. The molecule has 0 aliphatic heterocycles. The Hall–Kier alpha value is -5.27. The first kappa shape index (κ1) is 42.5. The number of nitrogens with two attached hydrogens (primary N) is 1. The van der Waals surface area contributed by atoms with Crippen LogP contribution < -0.4 is 11.1 Å². The van der Waals surface area contributed by atoms with E-state index in [1.54, 1.807) is 5.32 Å². The van der Waals surface area contributed by atoms with E-state index in [9.17, 15) is 40.3 Å². The zero-order valence-corrected chi connectivity index (χ0v) is 30.6. The fourth-order valence-electron chi connectivity index (χ4n) is 4.89. The molecule has 0 bridgehead atoms. The Morgan fingerprint density at radius 2 is 1.67 bits per heavy atom. The Morgan fingerprint density at radius 3 is 2.18 bits per heavy atom. The maximum atomic E-state index is 15.4. The first-order chi connectivity index (χ1) is 25.6. The fraction of sp³-hybridized carbons (Fsp3) is 0.412. The molecule has 4 aromatic rings. The van der Waals surface area contributed by atoms with E-state index >= 15 is 4.39 Å². The molecule has 21 heteroatoms. The van der Waals surface area contributed by atoms with Crippen molar-refractivity contribution in [1.29, 1.82) is 0 Å². The van der Waals surface area contributed by atoms with Gasteiger partial charge in [-0.2, -0.15) is 32.1 Å². The second-order valence-corrected chi connectivity index (χ2v) is 14.2. The van der Waals surface area contributed by atoms with Crippen molar-refractivity contribution >= 4 is 29.6 Å². The number of hydrogen-bond acceptors (Lipinski definition) is 7. The molecule has 0 radical (unpaired) electrons. The Morgan fingerprint density at radius 1 is 1.05 bits per heavy atom. The number of carbonyl (C=O) groups excluding carboxylic acids is 2. The standard InChI is InChI=1S/C29H24ClF8N9O3.C5H12/c1-40-26(39)46(24(48)15-4-2-14(3-5-15)17-10-42-45(11-17)25(34)35)20(12-50-27(49)44-28(6-7-28)29(36,37)38)16-8-18(31)21(30)19(9-16)47-23(22(32)33)41-13-43-47;1-5(2,3)4/h2-5,8-11,13,20,22,25H,6-7,12H2,1H3,(H2,39,40)(H,44,49);1-4H3. The number of nitrogens with one attached hydrogen (secondary N) is 1. The number of rotatable bonds is 10. The monoisotopic (exact) mass is 805 g/mol. The van der Waals surface area contributed by atoms with Crippen LogP contribution in [0.15, 0.2) is 60.1 Å². The van der Waals surface area contributed by atoms with E-state index in [1.807, 2.05) is 0 Å². The molecular weight excluding hydrogens is 770 g/mol. The van der Waals surface area contributed by atoms with Crippen molar-refractivity contribution < 1.29 is 49.4 Å². The van der Waals surface area contributed by atoms with Crippen LogP contribution in [0.5, 0.6) is 0 Å². The molecule has 1 atom stereocenters. The topological polar surface area (TPSA) is 146 Å². The quantitative estimate of drug-likeness (QED) is 0.0933. The molecule has 12 nitrogen and oxygen atoms in total. The van der Waals surface area contributed by atoms with Gasteiger partial charge in [0, 0.05) is 24.4 Å². The maximum Gasteiger partial charge on any atom is 0.411 e. The molecule has 0 spiro atoms. The van der Waals surface area contributed by atoms with Crippen LogP contribution in [0.2, 0.25) is 5.02 Å². The van der Waals surface area contributed by atoms with Crippen LogP contribution in [0.25, 0.3) is 16.8 Å². The molecule has 298 valence electrons. The smallest absolute Gasteiger partial charge is 0.411 e. The molecule has 3 N–H and O–H groups in total. The summed E-state index contributed by atoms with van der Waals surface area (Å²) in [6.45, 7) is 4.88. The van der Waals surface area contributed by atoms with E-state index < -0.39 is 90.5 Å². The largest absolute Gasteiger partial charge is 0.447 e. The lowest BCUT2D eigenvalue weighted by atomic mass is 10.0. The number of benzene rings is 2. The number of aliphatic imine (C=N–C) groups is 1. The summed E-state index contributed by atoms with van der Waals surface area (Å²) in [6, 6.07) is 5.43. The minimum absolute atomic E-state index is 0.115. The highest BCUT2D eigenvalue weighted by molar-refractivity contribution is 6.32. The van der Waals surface area contributed by atoms with Crippen molar-refractivity contribution in [3.63, 3.8) is 0 Å². The molecule has 1 unspecified atom stereocenters. The minimum atomic E-state index is -4.80. The average Bonchev–Trinajstić information content (AvgIpc) is 3.48. The summed E-state index contributed by atoms with van der Waals surface area (Å²) in [7, 11) is 1.17. The number of halogens is 9. The molecule has 1 aliphatic carbocycles. The van der Waals surface area contributed by atoms with Crippen LogP contribution in [0.1, 0.15) is 81.3 Å². The molecule has 2 aromatic heterocycles. The molecule has 1 saturated carbocycles. The van der Waals surface area contributed by atoms with Gasteiger partial charge < -0.3 is 15.8 Å². The van der Waals surface area contributed by atoms with Crippen molar-refractivity contribution in [2.45, 2.75) is 71.3 Å². The summed E-state index contributed by atoms with van der Waals surface area (Å²) in [5.74, 6) is -3.66. The molecule has 55 heavy (non-hydrogen) atoms. The van der Waals surface area contributed by atoms with E-state index in [4.69, 9.17) is 22.1 Å².